The molecule has 1 atom stereocenters. The molecule has 0 bridgehead atoms. The maximum atomic E-state index is 12.8. The van der Waals surface area contributed by atoms with Crippen LogP contribution in [0.3, 0.4) is 0 Å². The number of alkyl halides is 3. The summed E-state index contributed by atoms with van der Waals surface area (Å²) in [6.07, 6.45) is 1.38. The Morgan fingerprint density at radius 1 is 1.46 bits per heavy atom. The van der Waals surface area contributed by atoms with Crippen LogP contribution in [0.25, 0.3) is 0 Å². The summed E-state index contributed by atoms with van der Waals surface area (Å²) in [5.41, 5.74) is 1.61. The number of nitrogens with zero attached hydrogens (tertiary/aromatic N) is 4. The second kappa shape index (κ2) is 7.36. The summed E-state index contributed by atoms with van der Waals surface area (Å²) < 4.78 is 39.4. The Labute approximate surface area is 153 Å². The Hall–Kier alpha value is -1.94. The van der Waals surface area contributed by atoms with Crippen molar-refractivity contribution >= 4 is 17.2 Å². The third kappa shape index (κ3) is 4.07. The molecule has 1 aliphatic rings. The number of nitrogens with one attached hydrogen (secondary N) is 1. The van der Waals surface area contributed by atoms with E-state index in [4.69, 9.17) is 0 Å². The molecular weight excluding hydrogens is 367 g/mol. The van der Waals surface area contributed by atoms with Gasteiger partial charge in [0.05, 0.1) is 17.5 Å². The van der Waals surface area contributed by atoms with E-state index in [1.165, 1.54) is 12.5 Å². The van der Waals surface area contributed by atoms with Crippen LogP contribution in [0, 0.1) is 6.92 Å². The Morgan fingerprint density at radius 3 is 2.88 bits per heavy atom. The quantitative estimate of drug-likeness (QED) is 0.855. The molecule has 10 heteroatoms. The van der Waals surface area contributed by atoms with Gasteiger partial charge in [-0.1, -0.05) is 0 Å². The zero-order chi connectivity index (χ0) is 18.8. The zero-order valence-corrected chi connectivity index (χ0v) is 15.1. The third-order valence-corrected chi connectivity index (χ3v) is 5.55. The molecule has 3 rings (SSSR count). The summed E-state index contributed by atoms with van der Waals surface area (Å²) in [4.78, 5) is 24.2. The van der Waals surface area contributed by atoms with Crippen LogP contribution in [0.15, 0.2) is 24.2 Å². The molecule has 3 heterocycles. The minimum Gasteiger partial charge on any atom is -0.345 e. The van der Waals surface area contributed by atoms with Gasteiger partial charge in [0.15, 0.2) is 0 Å². The van der Waals surface area contributed by atoms with Crippen molar-refractivity contribution in [3.63, 3.8) is 0 Å². The average Bonchev–Trinajstić information content (AvgIpc) is 3.25. The summed E-state index contributed by atoms with van der Waals surface area (Å²) in [5, 5.41) is 2.06. The highest BCUT2D eigenvalue weighted by molar-refractivity contribution is 7.09. The number of imidazole rings is 1. The number of rotatable bonds is 5. The first kappa shape index (κ1) is 18.8. The van der Waals surface area contributed by atoms with Gasteiger partial charge in [-0.3, -0.25) is 9.69 Å². The van der Waals surface area contributed by atoms with Crippen molar-refractivity contribution in [3.05, 3.63) is 34.8 Å². The van der Waals surface area contributed by atoms with Crippen LogP contribution in [0.2, 0.25) is 0 Å². The molecule has 2 aromatic rings. The molecule has 142 valence electrons. The molecular formula is C16H20F3N5OS. The van der Waals surface area contributed by atoms with Crippen LogP contribution in [-0.2, 0) is 16.9 Å². The van der Waals surface area contributed by atoms with E-state index >= 15 is 0 Å². The third-order valence-electron chi connectivity index (χ3n) is 4.63. The molecule has 0 saturated carbocycles. The first-order valence-corrected chi connectivity index (χ1v) is 9.13. The Balaban J connectivity index is 1.81. The van der Waals surface area contributed by atoms with Gasteiger partial charge < -0.3 is 9.88 Å². The fourth-order valence-corrected chi connectivity index (χ4v) is 4.13. The standard InChI is InChI=1S/C16H20F3N5OS/c1-12-13(26-11-22-12)7-23-5-2-3-15(9-23,24-6-4-20-10-24)14(25)21-8-16(17,18)19/h4,6,10-11H,2-3,5,7-9H2,1H3,(H,21,25). The van der Waals surface area contributed by atoms with Crippen LogP contribution in [0.1, 0.15) is 23.4 Å². The van der Waals surface area contributed by atoms with Crippen molar-refractivity contribution in [2.45, 2.75) is 38.0 Å². The Kier molecular flexibility index (Phi) is 5.33. The SMILES string of the molecule is Cc1ncsc1CN1CCCC(C(=O)NCC(F)(F)F)(n2ccnc2)C1. The lowest BCUT2D eigenvalue weighted by molar-refractivity contribution is -0.146. The van der Waals surface area contributed by atoms with Crippen LogP contribution >= 0.6 is 11.3 Å². The number of hydrogen-bond acceptors (Lipinski definition) is 5. The maximum Gasteiger partial charge on any atom is 0.405 e. The minimum absolute atomic E-state index is 0.324. The van der Waals surface area contributed by atoms with Crippen LogP contribution in [-0.4, -0.2) is 51.2 Å². The molecule has 6 nitrogen and oxygen atoms in total. The van der Waals surface area contributed by atoms with Crippen molar-refractivity contribution in [3.8, 4) is 0 Å². The van der Waals surface area contributed by atoms with Gasteiger partial charge >= 0.3 is 6.18 Å². The molecule has 1 fully saturated rings. The number of aromatic nitrogens is 3. The number of halogens is 3. The van der Waals surface area contributed by atoms with Gasteiger partial charge in [-0.15, -0.1) is 11.3 Å². The number of thiazole rings is 1. The smallest absolute Gasteiger partial charge is 0.345 e. The van der Waals surface area contributed by atoms with Crippen molar-refractivity contribution in [1.82, 2.24) is 24.8 Å². The van der Waals surface area contributed by atoms with E-state index in [-0.39, 0.29) is 0 Å². The van der Waals surface area contributed by atoms with Gasteiger partial charge in [0.25, 0.3) is 0 Å². The van der Waals surface area contributed by atoms with E-state index in [2.05, 4.69) is 20.2 Å². The summed E-state index contributed by atoms with van der Waals surface area (Å²) >= 11 is 1.54. The summed E-state index contributed by atoms with van der Waals surface area (Å²) in [7, 11) is 0. The molecule has 1 aliphatic heterocycles. The normalized spacial score (nSPS) is 21.7. The number of hydrogen-bond donors (Lipinski definition) is 1. The topological polar surface area (TPSA) is 63.1 Å². The van der Waals surface area contributed by atoms with Crippen LogP contribution in [0.5, 0.6) is 0 Å². The van der Waals surface area contributed by atoms with Gasteiger partial charge in [0, 0.05) is 30.4 Å². The number of aryl methyl sites for hydroxylation is 1. The highest BCUT2D eigenvalue weighted by Crippen LogP contribution is 2.31. The van der Waals surface area contributed by atoms with E-state index < -0.39 is 24.2 Å². The van der Waals surface area contributed by atoms with Gasteiger partial charge in [0.2, 0.25) is 5.91 Å². The first-order valence-electron chi connectivity index (χ1n) is 8.25. The molecule has 0 radical (unpaired) electrons. The minimum atomic E-state index is -4.44. The van der Waals surface area contributed by atoms with Gasteiger partial charge in [-0.2, -0.15) is 13.2 Å². The molecule has 1 saturated heterocycles. The average molecular weight is 387 g/mol. The van der Waals surface area contributed by atoms with Gasteiger partial charge in [-0.05, 0) is 26.3 Å². The molecule has 0 aromatic carbocycles. The number of amides is 1. The lowest BCUT2D eigenvalue weighted by Gasteiger charge is -2.42. The van der Waals surface area contributed by atoms with Crippen molar-refractivity contribution in [2.24, 2.45) is 0 Å². The molecule has 0 spiro atoms. The molecule has 2 aromatic heterocycles. The van der Waals surface area contributed by atoms with Crippen molar-refractivity contribution in [2.75, 3.05) is 19.6 Å². The monoisotopic (exact) mass is 387 g/mol. The van der Waals surface area contributed by atoms with E-state index in [1.54, 1.807) is 27.6 Å². The number of likely N-dealkylation sites (tertiary alicyclic amines) is 1. The van der Waals surface area contributed by atoms with Crippen molar-refractivity contribution in [1.29, 1.82) is 0 Å². The summed E-state index contributed by atoms with van der Waals surface area (Å²) in [6, 6.07) is 0. The maximum absolute atomic E-state index is 12.8. The van der Waals surface area contributed by atoms with Crippen LogP contribution < -0.4 is 5.32 Å². The lowest BCUT2D eigenvalue weighted by atomic mass is 9.87. The van der Waals surface area contributed by atoms with Crippen LogP contribution in [0.4, 0.5) is 13.2 Å². The van der Waals surface area contributed by atoms with E-state index in [0.717, 1.165) is 17.1 Å². The number of carbonyl (C=O) groups excluding carboxylic acids is 1. The van der Waals surface area contributed by atoms with E-state index in [1.807, 2.05) is 6.92 Å². The summed E-state index contributed by atoms with van der Waals surface area (Å²) in [6.45, 7) is 2.31. The Morgan fingerprint density at radius 2 is 2.27 bits per heavy atom. The molecule has 1 amide bonds. The fraction of sp³-hybridized carbons (Fsp3) is 0.562. The first-order chi connectivity index (χ1) is 12.3. The highest BCUT2D eigenvalue weighted by Gasteiger charge is 2.44. The second-order valence-electron chi connectivity index (χ2n) is 6.47. The number of piperidine rings is 1. The van der Waals surface area contributed by atoms with Gasteiger partial charge in [0.1, 0.15) is 12.1 Å². The lowest BCUT2D eigenvalue weighted by Crippen LogP contribution is -2.58. The van der Waals surface area contributed by atoms with Crippen molar-refractivity contribution < 1.29 is 18.0 Å². The summed E-state index contributed by atoms with van der Waals surface area (Å²) in [5.74, 6) is -0.626. The Bertz CT molecular complexity index is 745. The predicted octanol–water partition coefficient (Wildman–Crippen LogP) is 2.32. The van der Waals surface area contributed by atoms with E-state index in [9.17, 15) is 18.0 Å². The largest absolute Gasteiger partial charge is 0.405 e. The number of carbonyl (C=O) groups is 1. The predicted molar refractivity (Wildman–Crippen MR) is 90.6 cm³/mol. The molecule has 1 unspecified atom stereocenters. The second-order valence-corrected chi connectivity index (χ2v) is 7.41. The molecule has 26 heavy (non-hydrogen) atoms. The zero-order valence-electron chi connectivity index (χ0n) is 14.3. The fourth-order valence-electron chi connectivity index (χ4n) is 3.31. The highest BCUT2D eigenvalue weighted by atomic mass is 32.1. The molecule has 1 N–H and O–H groups in total. The van der Waals surface area contributed by atoms with E-state index in [0.29, 0.717) is 25.9 Å². The molecule has 0 aliphatic carbocycles. The van der Waals surface area contributed by atoms with Gasteiger partial charge in [-0.25, -0.2) is 9.97 Å².